The number of aliphatic hydroxyl groups is 1. The molecule has 1 aliphatic heterocycles. The maximum absolute atomic E-state index is 13.1. The number of ether oxygens (including phenoxy) is 1. The maximum Gasteiger partial charge on any atom is 0.337 e. The number of esters is 1. The molecule has 0 saturated carbocycles. The van der Waals surface area contributed by atoms with Gasteiger partial charge in [0.25, 0.3) is 11.8 Å². The van der Waals surface area contributed by atoms with Crippen LogP contribution in [0.25, 0.3) is 0 Å². The molecule has 0 unspecified atom stereocenters. The summed E-state index contributed by atoms with van der Waals surface area (Å²) in [5.74, 6) is -1.50. The maximum atomic E-state index is 13.1. The van der Waals surface area contributed by atoms with Crippen LogP contribution in [0.1, 0.15) is 10.4 Å². The molecule has 36 heavy (non-hydrogen) atoms. The molecule has 0 radical (unpaired) electrons. The molecule has 2 amide bonds. The fourth-order valence-electron chi connectivity index (χ4n) is 3.80. The second-order valence-electron chi connectivity index (χ2n) is 7.99. The zero-order valence-electron chi connectivity index (χ0n) is 19.7. The standard InChI is InChI=1S/C27H26N4O5/c1-36-27(35)22-17-31(15-16-32)26(34)24(22)30-23-10-6-5-9-21(23)25(33)29-20-13-11-19(12-14-20)28-18-7-3-2-4-8-18/h2-14,28,30,32H,15-17H2,1H3,(H,29,33). The van der Waals surface area contributed by atoms with E-state index in [1.165, 1.54) is 12.0 Å². The number of para-hydroxylation sites is 2. The molecule has 3 aromatic carbocycles. The highest BCUT2D eigenvalue weighted by Crippen LogP contribution is 2.26. The Bertz CT molecular complexity index is 1290. The molecule has 0 aliphatic carbocycles. The zero-order valence-corrected chi connectivity index (χ0v) is 19.7. The van der Waals surface area contributed by atoms with Crippen LogP contribution in [0.5, 0.6) is 0 Å². The molecule has 0 fully saturated rings. The van der Waals surface area contributed by atoms with Crippen LogP contribution in [0.15, 0.2) is 90.1 Å². The summed E-state index contributed by atoms with van der Waals surface area (Å²) in [4.78, 5) is 39.6. The number of amides is 2. The number of methoxy groups -OCH3 is 1. The molecular weight excluding hydrogens is 460 g/mol. The largest absolute Gasteiger partial charge is 0.466 e. The number of aliphatic hydroxyl groups excluding tert-OH is 1. The lowest BCUT2D eigenvalue weighted by Crippen LogP contribution is -2.31. The molecule has 0 saturated heterocycles. The zero-order chi connectivity index (χ0) is 25.5. The van der Waals surface area contributed by atoms with Crippen LogP contribution in [-0.2, 0) is 14.3 Å². The molecule has 4 rings (SSSR count). The van der Waals surface area contributed by atoms with Crippen LogP contribution < -0.4 is 16.0 Å². The van der Waals surface area contributed by atoms with E-state index in [0.717, 1.165) is 11.4 Å². The third kappa shape index (κ3) is 5.53. The summed E-state index contributed by atoms with van der Waals surface area (Å²) in [6, 6.07) is 23.7. The summed E-state index contributed by atoms with van der Waals surface area (Å²) in [6.45, 7) is -0.167. The van der Waals surface area contributed by atoms with Gasteiger partial charge in [-0.1, -0.05) is 30.3 Å². The first-order chi connectivity index (χ1) is 17.5. The Kier molecular flexibility index (Phi) is 7.62. The number of anilines is 4. The van der Waals surface area contributed by atoms with Gasteiger partial charge < -0.3 is 30.7 Å². The third-order valence-corrected chi connectivity index (χ3v) is 5.59. The van der Waals surface area contributed by atoms with E-state index in [4.69, 9.17) is 4.74 Å². The van der Waals surface area contributed by atoms with E-state index in [1.54, 1.807) is 36.4 Å². The summed E-state index contributed by atoms with van der Waals surface area (Å²) in [5.41, 5.74) is 3.21. The van der Waals surface area contributed by atoms with Crippen LogP contribution >= 0.6 is 0 Å². The van der Waals surface area contributed by atoms with Crippen molar-refractivity contribution in [3.63, 3.8) is 0 Å². The minimum atomic E-state index is -0.655. The normalized spacial score (nSPS) is 12.9. The molecule has 0 bridgehead atoms. The van der Waals surface area contributed by atoms with E-state index in [1.807, 2.05) is 42.5 Å². The van der Waals surface area contributed by atoms with Gasteiger partial charge in [0.15, 0.2) is 0 Å². The van der Waals surface area contributed by atoms with Crippen LogP contribution in [-0.4, -0.2) is 54.6 Å². The lowest BCUT2D eigenvalue weighted by Gasteiger charge is -2.16. The van der Waals surface area contributed by atoms with E-state index in [2.05, 4.69) is 16.0 Å². The van der Waals surface area contributed by atoms with Gasteiger partial charge in [0.2, 0.25) is 0 Å². The topological polar surface area (TPSA) is 120 Å². The predicted molar refractivity (Wildman–Crippen MR) is 137 cm³/mol. The van der Waals surface area contributed by atoms with E-state index in [9.17, 15) is 19.5 Å². The minimum Gasteiger partial charge on any atom is -0.466 e. The average molecular weight is 487 g/mol. The second kappa shape index (κ2) is 11.2. The number of hydrogen-bond donors (Lipinski definition) is 4. The van der Waals surface area contributed by atoms with E-state index >= 15 is 0 Å². The molecule has 184 valence electrons. The van der Waals surface area contributed by atoms with Crippen LogP contribution in [0.4, 0.5) is 22.7 Å². The number of carbonyl (C=O) groups is 3. The summed E-state index contributed by atoms with van der Waals surface area (Å²) >= 11 is 0. The van der Waals surface area contributed by atoms with Crippen molar-refractivity contribution < 1.29 is 24.2 Å². The van der Waals surface area contributed by atoms with Gasteiger partial charge in [-0.2, -0.15) is 0 Å². The smallest absolute Gasteiger partial charge is 0.337 e. The van der Waals surface area contributed by atoms with Gasteiger partial charge >= 0.3 is 5.97 Å². The highest BCUT2D eigenvalue weighted by Gasteiger charge is 2.34. The van der Waals surface area contributed by atoms with E-state index < -0.39 is 11.9 Å². The Morgan fingerprint density at radius 1 is 0.889 bits per heavy atom. The first-order valence-corrected chi connectivity index (χ1v) is 11.3. The fourth-order valence-corrected chi connectivity index (χ4v) is 3.80. The summed E-state index contributed by atoms with van der Waals surface area (Å²) in [6.07, 6.45) is 0. The van der Waals surface area contributed by atoms with Gasteiger partial charge in [0.05, 0.1) is 37.1 Å². The molecular formula is C27H26N4O5. The number of nitrogens with zero attached hydrogens (tertiary/aromatic N) is 1. The first kappa shape index (κ1) is 24.5. The van der Waals surface area contributed by atoms with E-state index in [0.29, 0.717) is 11.4 Å². The van der Waals surface area contributed by atoms with Crippen molar-refractivity contribution in [1.82, 2.24) is 4.90 Å². The third-order valence-electron chi connectivity index (χ3n) is 5.59. The molecule has 4 N–H and O–H groups in total. The van der Waals surface area contributed by atoms with Crippen molar-refractivity contribution in [1.29, 1.82) is 0 Å². The first-order valence-electron chi connectivity index (χ1n) is 11.3. The van der Waals surface area contributed by atoms with Crippen molar-refractivity contribution in [2.24, 2.45) is 0 Å². The lowest BCUT2D eigenvalue weighted by atomic mass is 10.1. The summed E-state index contributed by atoms with van der Waals surface area (Å²) < 4.78 is 4.82. The molecule has 1 heterocycles. The Balaban J connectivity index is 1.51. The van der Waals surface area contributed by atoms with Gasteiger partial charge in [0, 0.05) is 23.6 Å². The van der Waals surface area contributed by atoms with E-state index in [-0.39, 0.29) is 42.4 Å². The Morgan fingerprint density at radius 3 is 2.22 bits per heavy atom. The Hall–Kier alpha value is -4.63. The number of carbonyl (C=O) groups excluding carboxylic acids is 3. The molecule has 3 aromatic rings. The van der Waals surface area contributed by atoms with Gasteiger partial charge in [-0.05, 0) is 48.5 Å². The van der Waals surface area contributed by atoms with Crippen molar-refractivity contribution in [3.8, 4) is 0 Å². The minimum absolute atomic E-state index is 0.00608. The van der Waals surface area contributed by atoms with Crippen LogP contribution in [0.2, 0.25) is 0 Å². The van der Waals surface area contributed by atoms with Crippen LogP contribution in [0.3, 0.4) is 0 Å². The quantitative estimate of drug-likeness (QED) is 0.342. The lowest BCUT2D eigenvalue weighted by molar-refractivity contribution is -0.136. The Morgan fingerprint density at radius 2 is 1.53 bits per heavy atom. The van der Waals surface area contributed by atoms with Crippen LogP contribution in [0, 0.1) is 0 Å². The van der Waals surface area contributed by atoms with Gasteiger partial charge in [0.1, 0.15) is 5.70 Å². The second-order valence-corrected chi connectivity index (χ2v) is 7.99. The number of nitrogens with one attached hydrogen (secondary N) is 3. The number of β-amino-alcohol motifs (C(OH)–C–C–N with tert-alkyl or cyclic N) is 1. The van der Waals surface area contributed by atoms with Gasteiger partial charge in [-0.3, -0.25) is 9.59 Å². The molecule has 0 atom stereocenters. The summed E-state index contributed by atoms with van der Waals surface area (Å²) in [5, 5.41) is 18.3. The molecule has 9 nitrogen and oxygen atoms in total. The molecule has 0 spiro atoms. The van der Waals surface area contributed by atoms with Crippen molar-refractivity contribution in [2.45, 2.75) is 0 Å². The van der Waals surface area contributed by atoms with Crippen molar-refractivity contribution >= 4 is 40.5 Å². The Labute approximate surface area is 208 Å². The van der Waals surface area contributed by atoms with Gasteiger partial charge in [-0.15, -0.1) is 0 Å². The average Bonchev–Trinajstić information content (AvgIpc) is 3.20. The predicted octanol–water partition coefficient (Wildman–Crippen LogP) is 3.36. The molecule has 9 heteroatoms. The van der Waals surface area contributed by atoms with Crippen molar-refractivity contribution in [3.05, 3.63) is 95.7 Å². The number of benzene rings is 3. The van der Waals surface area contributed by atoms with Crippen molar-refractivity contribution in [2.75, 3.05) is 42.8 Å². The number of rotatable bonds is 9. The SMILES string of the molecule is COC(=O)C1=C(Nc2ccccc2C(=O)Nc2ccc(Nc3ccccc3)cc2)C(=O)N(CCO)C1. The highest BCUT2D eigenvalue weighted by atomic mass is 16.5. The molecule has 0 aromatic heterocycles. The van der Waals surface area contributed by atoms with Gasteiger partial charge in [-0.25, -0.2) is 4.79 Å². The highest BCUT2D eigenvalue weighted by molar-refractivity contribution is 6.12. The number of hydrogen-bond acceptors (Lipinski definition) is 7. The fraction of sp³-hybridized carbons (Fsp3) is 0.148. The summed E-state index contributed by atoms with van der Waals surface area (Å²) in [7, 11) is 1.23. The monoisotopic (exact) mass is 486 g/mol. The molecule has 1 aliphatic rings.